The molecule has 2 aromatic carbocycles. The number of unbranched alkanes of at least 4 members (excludes halogenated alkanes) is 2. The number of ether oxygens (including phenoxy) is 6. The third kappa shape index (κ3) is 9.90. The van der Waals surface area contributed by atoms with Gasteiger partial charge in [-0.3, -0.25) is 19.0 Å². The Balaban J connectivity index is 1.03. The van der Waals surface area contributed by atoms with Gasteiger partial charge in [0.25, 0.3) is 21.9 Å². The van der Waals surface area contributed by atoms with Gasteiger partial charge in [-0.05, 0) is 64.0 Å². The Morgan fingerprint density at radius 3 is 2.32 bits per heavy atom. The fraction of sp³-hybridized carbons (Fsp3) is 0.575. The quantitative estimate of drug-likeness (QED) is 0.0631. The van der Waals surface area contributed by atoms with Crippen LogP contribution in [0.3, 0.4) is 0 Å². The van der Waals surface area contributed by atoms with E-state index in [1.54, 1.807) is 17.0 Å². The number of carbonyl (C=O) groups excluding carboxylic acids is 3. The Labute approximate surface area is 350 Å². The lowest BCUT2D eigenvalue weighted by Gasteiger charge is -2.33. The van der Waals surface area contributed by atoms with E-state index >= 15 is 0 Å². The number of benzene rings is 2. The number of nitrogens with two attached hydrogens (primary N) is 1. The number of hydrogen-bond acceptors (Lipinski definition) is 14. The largest absolute Gasteiger partial charge is 0.493 e. The molecular weight excluding hydrogens is 807 g/mol. The van der Waals surface area contributed by atoms with Crippen molar-refractivity contribution in [3.05, 3.63) is 47.5 Å². The zero-order chi connectivity index (χ0) is 42.8. The second-order valence-corrected chi connectivity index (χ2v) is 18.9. The van der Waals surface area contributed by atoms with Gasteiger partial charge in [0.2, 0.25) is 0 Å². The molecule has 2 aromatic rings. The minimum absolute atomic E-state index is 0.0705. The van der Waals surface area contributed by atoms with E-state index in [9.17, 15) is 27.4 Å². The van der Waals surface area contributed by atoms with E-state index in [-0.39, 0.29) is 60.0 Å². The van der Waals surface area contributed by atoms with E-state index in [2.05, 4.69) is 24.5 Å². The summed E-state index contributed by atoms with van der Waals surface area (Å²) in [5, 5.41) is 1.50. The van der Waals surface area contributed by atoms with Crippen molar-refractivity contribution in [1.29, 1.82) is 0 Å². The fourth-order valence-corrected chi connectivity index (χ4v) is 8.97. The molecule has 4 heterocycles. The van der Waals surface area contributed by atoms with Gasteiger partial charge in [-0.1, -0.05) is 19.1 Å². The summed E-state index contributed by atoms with van der Waals surface area (Å²) in [5.74, 6) is 0.687. The van der Waals surface area contributed by atoms with E-state index in [0.717, 1.165) is 5.57 Å². The number of carbonyl (C=O) groups is 3. The van der Waals surface area contributed by atoms with E-state index in [4.69, 9.17) is 34.2 Å². The summed E-state index contributed by atoms with van der Waals surface area (Å²) in [6.45, 7) is 11.7. The van der Waals surface area contributed by atoms with Gasteiger partial charge in [-0.2, -0.15) is 21.0 Å². The summed E-state index contributed by atoms with van der Waals surface area (Å²) in [6, 6.07) is 4.94. The Kier molecular flexibility index (Phi) is 13.4. The number of rotatable bonds is 15. The Bertz CT molecular complexity index is 2040. The third-order valence-electron chi connectivity index (χ3n) is 10.8. The number of amides is 3. The number of thiol groups is 1. The Morgan fingerprint density at radius 1 is 1.02 bits per heavy atom. The average Bonchev–Trinajstić information content (AvgIpc) is 3.91. The molecule has 0 aliphatic carbocycles. The SMILES string of the molecule is C=C1C[C@@H](C2OCCN2C(=O)OCC(C)(C)S)N(C(=O)c2cc(OC)c(OCCCCCOc3cc4c(cc3OC)C(=O)N3CC(C)CC3C(S(=O)(=O)O)N4)cc2N)C1. The molecule has 5 atom stereocenters. The predicted octanol–water partition coefficient (Wildman–Crippen LogP) is 4.68. The smallest absolute Gasteiger partial charge is 0.412 e. The van der Waals surface area contributed by atoms with E-state index < -0.39 is 44.6 Å². The molecular formula is C40H55N5O12S2. The van der Waals surface area contributed by atoms with Crippen molar-refractivity contribution in [2.24, 2.45) is 5.92 Å². The molecule has 0 saturated carbocycles. The highest BCUT2D eigenvalue weighted by molar-refractivity contribution is 7.86. The van der Waals surface area contributed by atoms with Crippen LogP contribution in [0.25, 0.3) is 0 Å². The van der Waals surface area contributed by atoms with Crippen molar-refractivity contribution in [3.63, 3.8) is 0 Å². The molecule has 6 rings (SSSR count). The highest BCUT2D eigenvalue weighted by Crippen LogP contribution is 2.41. The number of anilines is 2. The highest BCUT2D eigenvalue weighted by atomic mass is 32.2. The molecule has 4 aliphatic heterocycles. The number of nitrogens with one attached hydrogen (secondary N) is 1. The zero-order valence-electron chi connectivity index (χ0n) is 34.1. The number of likely N-dealkylation sites (tertiary alicyclic amines) is 1. The number of hydrogen-bond donors (Lipinski definition) is 4. The number of fused-ring (bicyclic) bond motifs is 2. The topological polar surface area (TPSA) is 209 Å². The number of methoxy groups -OCH3 is 2. The first kappa shape index (κ1) is 44.0. The summed E-state index contributed by atoms with van der Waals surface area (Å²) in [7, 11) is -1.62. The molecule has 0 spiro atoms. The van der Waals surface area contributed by atoms with E-state index in [1.165, 1.54) is 36.2 Å². The fourth-order valence-electron chi connectivity index (χ4n) is 7.97. The van der Waals surface area contributed by atoms with E-state index in [0.29, 0.717) is 81.4 Å². The lowest BCUT2D eigenvalue weighted by Crippen LogP contribution is -2.51. The lowest BCUT2D eigenvalue weighted by molar-refractivity contribution is -0.0214. The summed E-state index contributed by atoms with van der Waals surface area (Å²) in [5.41, 5.74) is 8.13. The summed E-state index contributed by atoms with van der Waals surface area (Å²) in [6.07, 6.45) is 1.58. The van der Waals surface area contributed by atoms with Gasteiger partial charge in [-0.15, -0.1) is 0 Å². The maximum atomic E-state index is 14.0. The molecule has 4 N–H and O–H groups in total. The van der Waals surface area contributed by atoms with Gasteiger partial charge in [0.05, 0.1) is 69.5 Å². The molecule has 0 bridgehead atoms. The van der Waals surface area contributed by atoms with Crippen LogP contribution in [0, 0.1) is 5.92 Å². The molecule has 4 aliphatic rings. The number of nitrogens with zero attached hydrogens (tertiary/aromatic N) is 3. The predicted molar refractivity (Wildman–Crippen MR) is 222 cm³/mol. The zero-order valence-corrected chi connectivity index (χ0v) is 35.8. The van der Waals surface area contributed by atoms with Crippen LogP contribution in [0.1, 0.15) is 73.6 Å². The lowest BCUT2D eigenvalue weighted by atomic mass is 10.1. The maximum absolute atomic E-state index is 14.0. The Hall–Kier alpha value is -4.59. The van der Waals surface area contributed by atoms with Crippen molar-refractivity contribution in [3.8, 4) is 23.0 Å². The number of nitrogen functional groups attached to an aromatic ring is 1. The highest BCUT2D eigenvalue weighted by Gasteiger charge is 2.47. The monoisotopic (exact) mass is 861 g/mol. The molecule has 17 nitrogen and oxygen atoms in total. The normalized spacial score (nSPS) is 23.0. The van der Waals surface area contributed by atoms with Crippen LogP contribution in [0.2, 0.25) is 0 Å². The first-order chi connectivity index (χ1) is 27.9. The second-order valence-electron chi connectivity index (χ2n) is 16.1. The molecule has 19 heteroatoms. The van der Waals surface area contributed by atoms with Gasteiger partial charge in [0.1, 0.15) is 6.61 Å². The summed E-state index contributed by atoms with van der Waals surface area (Å²) >= 11 is 4.43. The van der Waals surface area contributed by atoms with Crippen molar-refractivity contribution >= 4 is 52.0 Å². The van der Waals surface area contributed by atoms with Crippen LogP contribution in [0.5, 0.6) is 23.0 Å². The molecule has 3 saturated heterocycles. The van der Waals surface area contributed by atoms with Crippen molar-refractivity contribution in [2.75, 3.05) is 71.3 Å². The van der Waals surface area contributed by atoms with Gasteiger partial charge in [0, 0.05) is 35.7 Å². The third-order valence-corrected chi connectivity index (χ3v) is 12.0. The van der Waals surface area contributed by atoms with Gasteiger partial charge in [0.15, 0.2) is 34.6 Å². The molecule has 0 aromatic heterocycles. The van der Waals surface area contributed by atoms with Crippen LogP contribution in [0.4, 0.5) is 16.2 Å². The minimum Gasteiger partial charge on any atom is -0.493 e. The standard InChI is InChI=1S/C40H55N5O12S2/c1-23-14-29-35(59(49,50)51)42-28-19-34(32(53-6)17-26(28)37(47)44(29)20-23)55-12-9-7-8-11-54-33-18-27(41)25(16-31(33)52-5)36(46)45-21-24(2)15-30(45)38-43(10-13-56-38)39(48)57-22-40(3,4)58/h16-19,23,29-30,35,38,42,58H,2,7-15,20-22,41H2,1,3-6H3,(H,49,50,51)/t23?,29?,30-,35?,38?/m0/s1. The molecule has 4 unspecified atom stereocenters. The van der Waals surface area contributed by atoms with Crippen LogP contribution >= 0.6 is 12.6 Å². The molecule has 0 radical (unpaired) electrons. The average molecular weight is 862 g/mol. The van der Waals surface area contributed by atoms with Crippen LogP contribution in [-0.4, -0.2) is 134 Å². The Morgan fingerprint density at radius 2 is 1.68 bits per heavy atom. The maximum Gasteiger partial charge on any atom is 0.412 e. The van der Waals surface area contributed by atoms with Crippen molar-refractivity contribution < 1.29 is 55.8 Å². The van der Waals surface area contributed by atoms with E-state index in [1.807, 2.05) is 20.8 Å². The van der Waals surface area contributed by atoms with Crippen LogP contribution in [0.15, 0.2) is 36.4 Å². The summed E-state index contributed by atoms with van der Waals surface area (Å²) in [4.78, 5) is 45.2. The van der Waals surface area contributed by atoms with Gasteiger partial charge >= 0.3 is 6.09 Å². The van der Waals surface area contributed by atoms with Gasteiger partial charge in [-0.25, -0.2) is 4.79 Å². The van der Waals surface area contributed by atoms with Gasteiger partial charge < -0.3 is 49.3 Å². The van der Waals surface area contributed by atoms with Crippen molar-refractivity contribution in [2.45, 2.75) is 81.3 Å². The summed E-state index contributed by atoms with van der Waals surface area (Å²) < 4.78 is 69.0. The van der Waals surface area contributed by atoms with Crippen LogP contribution in [-0.2, 0) is 19.6 Å². The molecule has 3 fully saturated rings. The molecule has 324 valence electrons. The van der Waals surface area contributed by atoms with Crippen LogP contribution < -0.4 is 30.0 Å². The first-order valence-electron chi connectivity index (χ1n) is 19.6. The second kappa shape index (κ2) is 17.9. The molecule has 59 heavy (non-hydrogen) atoms. The molecule has 3 amide bonds. The minimum atomic E-state index is -4.55. The van der Waals surface area contributed by atoms with Crippen molar-refractivity contribution in [1.82, 2.24) is 14.7 Å². The first-order valence-corrected chi connectivity index (χ1v) is 21.6.